The highest BCUT2D eigenvalue weighted by Gasteiger charge is 2.32. The van der Waals surface area contributed by atoms with E-state index in [-0.39, 0.29) is 30.8 Å². The minimum atomic E-state index is -3.27. The molecule has 1 aliphatic rings. The van der Waals surface area contributed by atoms with Crippen LogP contribution in [0.25, 0.3) is 0 Å². The molecule has 2 amide bonds. The van der Waals surface area contributed by atoms with Gasteiger partial charge >= 0.3 is 0 Å². The van der Waals surface area contributed by atoms with Gasteiger partial charge in [-0.1, -0.05) is 0 Å². The van der Waals surface area contributed by atoms with Crippen LogP contribution in [0.4, 0.5) is 0 Å². The van der Waals surface area contributed by atoms with E-state index in [9.17, 15) is 18.0 Å². The van der Waals surface area contributed by atoms with Crippen molar-refractivity contribution in [2.45, 2.75) is 26.7 Å². The summed E-state index contributed by atoms with van der Waals surface area (Å²) < 4.78 is 24.6. The van der Waals surface area contributed by atoms with E-state index in [4.69, 9.17) is 0 Å². The van der Waals surface area contributed by atoms with Crippen LogP contribution in [-0.4, -0.2) is 80.4 Å². The maximum absolute atomic E-state index is 12.4. The lowest BCUT2D eigenvalue weighted by Crippen LogP contribution is -2.48. The molecule has 1 saturated heterocycles. The quantitative estimate of drug-likeness (QED) is 0.685. The Balaban J connectivity index is 2.64. The van der Waals surface area contributed by atoms with Gasteiger partial charge in [-0.15, -0.1) is 0 Å². The maximum Gasteiger partial charge on any atom is 0.242 e. The van der Waals surface area contributed by atoms with Crippen molar-refractivity contribution >= 4 is 21.8 Å². The summed E-state index contributed by atoms with van der Waals surface area (Å²) in [5.74, 6) is -0.608. The molecule has 22 heavy (non-hydrogen) atoms. The second-order valence-electron chi connectivity index (χ2n) is 5.72. The smallest absolute Gasteiger partial charge is 0.242 e. The number of hydrogen-bond acceptors (Lipinski definition) is 4. The van der Waals surface area contributed by atoms with Crippen molar-refractivity contribution in [1.82, 2.24) is 14.1 Å². The van der Waals surface area contributed by atoms with Crippen LogP contribution in [0.15, 0.2) is 0 Å². The number of carbonyl (C=O) groups excluding carboxylic acids is 2. The monoisotopic (exact) mass is 333 g/mol. The number of likely N-dealkylation sites (N-methyl/N-ethyl adjacent to an activating group) is 2. The molecule has 0 aromatic heterocycles. The van der Waals surface area contributed by atoms with E-state index in [2.05, 4.69) is 0 Å². The molecule has 0 bridgehead atoms. The molecule has 1 aliphatic heterocycles. The molecule has 0 aromatic carbocycles. The van der Waals surface area contributed by atoms with Crippen molar-refractivity contribution in [2.24, 2.45) is 5.92 Å². The Morgan fingerprint density at radius 1 is 1.23 bits per heavy atom. The van der Waals surface area contributed by atoms with Crippen molar-refractivity contribution < 1.29 is 18.0 Å². The van der Waals surface area contributed by atoms with Crippen LogP contribution < -0.4 is 0 Å². The standard InChI is InChI=1S/C14H27N3O4S/c1-5-16(6-2)13(18)11-15(3)14(19)12-8-7-9-17(10-12)22(4,20)21/h12H,5-11H2,1-4H3. The Morgan fingerprint density at radius 3 is 2.32 bits per heavy atom. The van der Waals surface area contributed by atoms with Gasteiger partial charge in [0.25, 0.3) is 0 Å². The fourth-order valence-electron chi connectivity index (χ4n) is 2.71. The molecule has 0 N–H and O–H groups in total. The number of sulfonamides is 1. The van der Waals surface area contributed by atoms with Crippen LogP contribution in [0.5, 0.6) is 0 Å². The first-order chi connectivity index (χ1) is 10.2. The average molecular weight is 333 g/mol. The summed E-state index contributed by atoms with van der Waals surface area (Å²) in [5, 5.41) is 0. The molecule has 1 fully saturated rings. The molecular formula is C14H27N3O4S. The summed E-state index contributed by atoms with van der Waals surface area (Å²) >= 11 is 0. The molecule has 0 aliphatic carbocycles. The maximum atomic E-state index is 12.4. The van der Waals surface area contributed by atoms with E-state index in [1.165, 1.54) is 9.21 Å². The van der Waals surface area contributed by atoms with Gasteiger partial charge < -0.3 is 9.80 Å². The van der Waals surface area contributed by atoms with E-state index >= 15 is 0 Å². The van der Waals surface area contributed by atoms with E-state index in [1.54, 1.807) is 11.9 Å². The predicted molar refractivity (Wildman–Crippen MR) is 84.7 cm³/mol. The van der Waals surface area contributed by atoms with Crippen molar-refractivity contribution in [3.05, 3.63) is 0 Å². The Labute approximate surface area is 133 Å². The molecule has 1 atom stereocenters. The molecule has 1 unspecified atom stereocenters. The number of piperidine rings is 1. The Kier molecular flexibility index (Phi) is 6.80. The largest absolute Gasteiger partial charge is 0.342 e. The van der Waals surface area contributed by atoms with E-state index < -0.39 is 10.0 Å². The zero-order chi connectivity index (χ0) is 16.9. The van der Waals surface area contributed by atoms with Gasteiger partial charge in [0, 0.05) is 33.2 Å². The zero-order valence-corrected chi connectivity index (χ0v) is 14.7. The first-order valence-corrected chi connectivity index (χ1v) is 9.53. The molecule has 1 heterocycles. The van der Waals surface area contributed by atoms with Gasteiger partial charge in [0.15, 0.2) is 0 Å². The summed E-state index contributed by atoms with van der Waals surface area (Å²) in [7, 11) is -1.67. The number of amides is 2. The summed E-state index contributed by atoms with van der Waals surface area (Å²) in [6, 6.07) is 0. The highest BCUT2D eigenvalue weighted by atomic mass is 32.2. The third-order valence-electron chi connectivity index (χ3n) is 4.07. The lowest BCUT2D eigenvalue weighted by atomic mass is 9.98. The van der Waals surface area contributed by atoms with Crippen LogP contribution in [0.3, 0.4) is 0 Å². The number of nitrogens with zero attached hydrogens (tertiary/aromatic N) is 3. The fraction of sp³-hybridized carbons (Fsp3) is 0.857. The van der Waals surface area contributed by atoms with Gasteiger partial charge in [-0.3, -0.25) is 9.59 Å². The van der Waals surface area contributed by atoms with Crippen molar-refractivity contribution in [1.29, 1.82) is 0 Å². The minimum Gasteiger partial charge on any atom is -0.342 e. The van der Waals surface area contributed by atoms with Gasteiger partial charge in [-0.2, -0.15) is 0 Å². The molecule has 128 valence electrons. The van der Waals surface area contributed by atoms with Gasteiger partial charge in [-0.25, -0.2) is 12.7 Å². The van der Waals surface area contributed by atoms with Crippen LogP contribution in [0, 0.1) is 5.92 Å². The van der Waals surface area contributed by atoms with Gasteiger partial charge in [-0.05, 0) is 26.7 Å². The summed E-state index contributed by atoms with van der Waals surface area (Å²) in [6.07, 6.45) is 2.49. The Bertz CT molecular complexity index is 502. The first-order valence-electron chi connectivity index (χ1n) is 7.68. The number of carbonyl (C=O) groups is 2. The van der Waals surface area contributed by atoms with Crippen molar-refractivity contribution in [2.75, 3.05) is 46.0 Å². The molecule has 1 rings (SSSR count). The first kappa shape index (κ1) is 18.9. The van der Waals surface area contributed by atoms with E-state index in [1.807, 2.05) is 13.8 Å². The second kappa shape index (κ2) is 7.92. The molecule has 0 aromatic rings. The lowest BCUT2D eigenvalue weighted by Gasteiger charge is -2.32. The second-order valence-corrected chi connectivity index (χ2v) is 7.70. The number of rotatable bonds is 6. The molecule has 0 radical (unpaired) electrons. The highest BCUT2D eigenvalue weighted by Crippen LogP contribution is 2.20. The van der Waals surface area contributed by atoms with Gasteiger partial charge in [0.05, 0.1) is 18.7 Å². The van der Waals surface area contributed by atoms with E-state index in [0.29, 0.717) is 32.5 Å². The molecule has 7 nitrogen and oxygen atoms in total. The van der Waals surface area contributed by atoms with Crippen LogP contribution in [0.1, 0.15) is 26.7 Å². The lowest BCUT2D eigenvalue weighted by molar-refractivity contribution is -0.142. The molecule has 0 saturated carbocycles. The topological polar surface area (TPSA) is 78.0 Å². The minimum absolute atomic E-state index is 0.0376. The molecule has 8 heteroatoms. The van der Waals surface area contributed by atoms with Crippen LogP contribution in [-0.2, 0) is 19.6 Å². The third kappa shape index (κ3) is 4.95. The van der Waals surface area contributed by atoms with Gasteiger partial charge in [0.2, 0.25) is 21.8 Å². The molecule has 0 spiro atoms. The average Bonchev–Trinajstić information content (AvgIpc) is 2.46. The third-order valence-corrected chi connectivity index (χ3v) is 5.34. The Morgan fingerprint density at radius 2 is 1.82 bits per heavy atom. The van der Waals surface area contributed by atoms with E-state index in [0.717, 1.165) is 6.26 Å². The summed E-state index contributed by atoms with van der Waals surface area (Å²) in [6.45, 7) is 5.73. The SMILES string of the molecule is CCN(CC)C(=O)CN(C)C(=O)C1CCCN(S(C)(=O)=O)C1. The zero-order valence-electron chi connectivity index (χ0n) is 13.9. The van der Waals surface area contributed by atoms with Gasteiger partial charge in [0.1, 0.15) is 0 Å². The predicted octanol–water partition coefficient (Wildman–Crippen LogP) is -0.0152. The molecular weight excluding hydrogens is 306 g/mol. The summed E-state index contributed by atoms with van der Waals surface area (Å²) in [5.41, 5.74) is 0. The van der Waals surface area contributed by atoms with Crippen LogP contribution >= 0.6 is 0 Å². The van der Waals surface area contributed by atoms with Crippen molar-refractivity contribution in [3.63, 3.8) is 0 Å². The summed E-state index contributed by atoms with van der Waals surface area (Å²) in [4.78, 5) is 27.6. The Hall–Kier alpha value is -1.15. The normalized spacial score (nSPS) is 19.7. The van der Waals surface area contributed by atoms with Crippen molar-refractivity contribution in [3.8, 4) is 0 Å². The fourth-order valence-corrected chi connectivity index (χ4v) is 3.63. The highest BCUT2D eigenvalue weighted by molar-refractivity contribution is 7.88. The number of hydrogen-bond donors (Lipinski definition) is 0. The van der Waals surface area contributed by atoms with Crippen LogP contribution in [0.2, 0.25) is 0 Å².